The zero-order valence-corrected chi connectivity index (χ0v) is 19.5. The van der Waals surface area contributed by atoms with Gasteiger partial charge in [-0.1, -0.05) is 54.6 Å². The Hall–Kier alpha value is -4.41. The fraction of sp³-hybridized carbons (Fsp3) is 0. The molecule has 0 radical (unpaired) electrons. The molecule has 0 fully saturated rings. The van der Waals surface area contributed by atoms with E-state index in [1.807, 2.05) is 23.6 Å². The van der Waals surface area contributed by atoms with Crippen molar-refractivity contribution in [1.82, 2.24) is 14.1 Å². The number of rotatable bonds is 2. The van der Waals surface area contributed by atoms with Gasteiger partial charge in [-0.25, -0.2) is 4.98 Å². The fourth-order valence-electron chi connectivity index (χ4n) is 5.51. The standard InChI is InChI=1S/C31H19N3S/c1-2-9-20(10-3-1)33-26-14-6-4-11-22(26)25-19-21(16-17-27(25)33)34-30-24(13-8-18-32-30)29-23-12-5-7-15-28(23)35-31(29)34/h1-19H. The van der Waals surface area contributed by atoms with Crippen LogP contribution in [-0.2, 0) is 0 Å². The number of para-hydroxylation sites is 2. The Labute approximate surface area is 205 Å². The Kier molecular flexibility index (Phi) is 3.82. The van der Waals surface area contributed by atoms with E-state index in [4.69, 9.17) is 4.98 Å². The van der Waals surface area contributed by atoms with Crippen LogP contribution in [0.2, 0.25) is 0 Å². The molecule has 35 heavy (non-hydrogen) atoms. The van der Waals surface area contributed by atoms with Crippen molar-refractivity contribution in [1.29, 1.82) is 0 Å². The van der Waals surface area contributed by atoms with E-state index in [2.05, 4.69) is 112 Å². The molecular weight excluding hydrogens is 446 g/mol. The molecule has 0 aliphatic heterocycles. The second-order valence-electron chi connectivity index (χ2n) is 8.88. The topological polar surface area (TPSA) is 22.8 Å². The summed E-state index contributed by atoms with van der Waals surface area (Å²) < 4.78 is 6.00. The molecule has 3 nitrogen and oxygen atoms in total. The molecule has 0 bridgehead atoms. The summed E-state index contributed by atoms with van der Waals surface area (Å²) in [7, 11) is 0. The maximum Gasteiger partial charge on any atom is 0.146 e. The highest BCUT2D eigenvalue weighted by Gasteiger charge is 2.19. The Morgan fingerprint density at radius 1 is 0.543 bits per heavy atom. The van der Waals surface area contributed by atoms with Crippen LogP contribution < -0.4 is 0 Å². The second-order valence-corrected chi connectivity index (χ2v) is 9.91. The molecule has 4 heteroatoms. The number of nitrogens with zero attached hydrogens (tertiary/aromatic N) is 3. The number of benzene rings is 4. The van der Waals surface area contributed by atoms with Gasteiger partial charge >= 0.3 is 0 Å². The molecule has 0 unspecified atom stereocenters. The van der Waals surface area contributed by atoms with Gasteiger partial charge in [-0.05, 0) is 54.6 Å². The van der Waals surface area contributed by atoms with Crippen molar-refractivity contribution in [2.24, 2.45) is 0 Å². The quantitative estimate of drug-likeness (QED) is 0.251. The summed E-state index contributed by atoms with van der Waals surface area (Å²) in [5, 5.41) is 6.29. The van der Waals surface area contributed by atoms with Crippen LogP contribution in [0.15, 0.2) is 115 Å². The Morgan fingerprint density at radius 3 is 2.20 bits per heavy atom. The van der Waals surface area contributed by atoms with Crippen LogP contribution in [0.5, 0.6) is 0 Å². The summed E-state index contributed by atoms with van der Waals surface area (Å²) in [4.78, 5) is 6.08. The number of hydrogen-bond donors (Lipinski definition) is 0. The molecule has 0 saturated heterocycles. The first-order chi connectivity index (χ1) is 17.4. The van der Waals surface area contributed by atoms with Gasteiger partial charge in [0.15, 0.2) is 0 Å². The number of aromatic nitrogens is 3. The molecule has 0 saturated carbocycles. The highest BCUT2D eigenvalue weighted by atomic mass is 32.1. The second kappa shape index (κ2) is 7.05. The number of thiophene rings is 1. The summed E-state index contributed by atoms with van der Waals surface area (Å²) in [5.41, 5.74) is 5.74. The molecule has 164 valence electrons. The van der Waals surface area contributed by atoms with Gasteiger partial charge < -0.3 is 4.57 Å². The SMILES string of the molecule is c1ccc(-n2c3ccccc3c3cc(-n4c5ncccc5c5c6ccccc6sc54)ccc32)cc1. The van der Waals surface area contributed by atoms with Crippen molar-refractivity contribution in [2.75, 3.05) is 0 Å². The zero-order chi connectivity index (χ0) is 22.9. The monoisotopic (exact) mass is 465 g/mol. The summed E-state index contributed by atoms with van der Waals surface area (Å²) in [6, 6.07) is 39.0. The summed E-state index contributed by atoms with van der Waals surface area (Å²) in [5.74, 6) is 0. The van der Waals surface area contributed by atoms with Crippen molar-refractivity contribution in [2.45, 2.75) is 0 Å². The minimum absolute atomic E-state index is 1.01. The first-order valence-corrected chi connectivity index (χ1v) is 12.6. The third kappa shape index (κ3) is 2.57. The molecular formula is C31H19N3S. The molecule has 0 aliphatic rings. The Morgan fingerprint density at radius 2 is 1.29 bits per heavy atom. The van der Waals surface area contributed by atoms with Gasteiger partial charge in [-0.2, -0.15) is 0 Å². The van der Waals surface area contributed by atoms with E-state index in [1.165, 1.54) is 53.2 Å². The number of pyridine rings is 1. The van der Waals surface area contributed by atoms with Gasteiger partial charge in [0, 0.05) is 49.2 Å². The largest absolute Gasteiger partial charge is 0.309 e. The average Bonchev–Trinajstić information content (AvgIpc) is 3.55. The van der Waals surface area contributed by atoms with Gasteiger partial charge in [-0.3, -0.25) is 4.57 Å². The van der Waals surface area contributed by atoms with Gasteiger partial charge in [0.1, 0.15) is 10.5 Å². The van der Waals surface area contributed by atoms with Crippen LogP contribution in [0.3, 0.4) is 0 Å². The van der Waals surface area contributed by atoms with Crippen LogP contribution in [0.4, 0.5) is 0 Å². The van der Waals surface area contributed by atoms with Crippen LogP contribution in [0.25, 0.3) is 64.5 Å². The smallest absolute Gasteiger partial charge is 0.146 e. The van der Waals surface area contributed by atoms with Gasteiger partial charge in [0.2, 0.25) is 0 Å². The van der Waals surface area contributed by atoms with E-state index in [-0.39, 0.29) is 0 Å². The van der Waals surface area contributed by atoms with Crippen LogP contribution >= 0.6 is 11.3 Å². The summed E-state index contributed by atoms with van der Waals surface area (Å²) >= 11 is 1.84. The van der Waals surface area contributed by atoms with E-state index >= 15 is 0 Å². The van der Waals surface area contributed by atoms with Crippen molar-refractivity contribution >= 4 is 64.5 Å². The van der Waals surface area contributed by atoms with E-state index in [0.29, 0.717) is 0 Å². The highest BCUT2D eigenvalue weighted by Crippen LogP contribution is 2.42. The third-order valence-electron chi connectivity index (χ3n) is 6.98. The molecule has 0 aliphatic carbocycles. The average molecular weight is 466 g/mol. The maximum absolute atomic E-state index is 4.83. The van der Waals surface area contributed by atoms with Crippen LogP contribution in [0.1, 0.15) is 0 Å². The van der Waals surface area contributed by atoms with E-state index < -0.39 is 0 Å². The minimum atomic E-state index is 1.01. The van der Waals surface area contributed by atoms with E-state index in [9.17, 15) is 0 Å². The van der Waals surface area contributed by atoms with Crippen molar-refractivity contribution in [3.63, 3.8) is 0 Å². The van der Waals surface area contributed by atoms with Gasteiger partial charge in [0.25, 0.3) is 0 Å². The maximum atomic E-state index is 4.83. The lowest BCUT2D eigenvalue weighted by molar-refractivity contribution is 1.14. The van der Waals surface area contributed by atoms with Crippen molar-refractivity contribution in [3.8, 4) is 11.4 Å². The lowest BCUT2D eigenvalue weighted by Gasteiger charge is -2.09. The molecule has 8 aromatic rings. The van der Waals surface area contributed by atoms with E-state index in [0.717, 1.165) is 11.3 Å². The minimum Gasteiger partial charge on any atom is -0.309 e. The molecule has 8 rings (SSSR count). The lowest BCUT2D eigenvalue weighted by Crippen LogP contribution is -1.95. The molecule has 4 heterocycles. The summed E-state index contributed by atoms with van der Waals surface area (Å²) in [6.45, 7) is 0. The van der Waals surface area contributed by atoms with Gasteiger partial charge in [-0.15, -0.1) is 11.3 Å². The first-order valence-electron chi connectivity index (χ1n) is 11.7. The predicted octanol–water partition coefficient (Wildman–Crippen LogP) is 8.49. The molecule has 4 aromatic heterocycles. The normalized spacial score (nSPS) is 12.0. The van der Waals surface area contributed by atoms with Crippen LogP contribution in [-0.4, -0.2) is 14.1 Å². The molecule has 4 aromatic carbocycles. The number of hydrogen-bond acceptors (Lipinski definition) is 2. The number of fused-ring (bicyclic) bond motifs is 8. The lowest BCUT2D eigenvalue weighted by atomic mass is 10.1. The van der Waals surface area contributed by atoms with E-state index in [1.54, 1.807) is 0 Å². The van der Waals surface area contributed by atoms with Crippen LogP contribution in [0, 0.1) is 0 Å². The zero-order valence-electron chi connectivity index (χ0n) is 18.7. The first kappa shape index (κ1) is 19.0. The molecule has 0 N–H and O–H groups in total. The summed E-state index contributed by atoms with van der Waals surface area (Å²) in [6.07, 6.45) is 1.89. The van der Waals surface area contributed by atoms with Gasteiger partial charge in [0.05, 0.1) is 11.0 Å². The Balaban J connectivity index is 1.49. The fourth-order valence-corrected chi connectivity index (χ4v) is 6.75. The Bertz CT molecular complexity index is 2060. The molecule has 0 amide bonds. The molecule has 0 atom stereocenters. The third-order valence-corrected chi connectivity index (χ3v) is 8.13. The van der Waals surface area contributed by atoms with Crippen molar-refractivity contribution < 1.29 is 0 Å². The molecule has 0 spiro atoms. The van der Waals surface area contributed by atoms with Crippen molar-refractivity contribution in [3.05, 3.63) is 115 Å². The predicted molar refractivity (Wildman–Crippen MR) is 148 cm³/mol. The highest BCUT2D eigenvalue weighted by molar-refractivity contribution is 7.25.